The van der Waals surface area contributed by atoms with Gasteiger partial charge in [-0.3, -0.25) is 20.0 Å². The molecule has 0 radical (unpaired) electrons. The van der Waals surface area contributed by atoms with E-state index in [1.54, 1.807) is 0 Å². The number of hydrogen-bond acceptors (Lipinski definition) is 16. The van der Waals surface area contributed by atoms with E-state index in [1.165, 1.54) is 6.92 Å². The third-order valence-corrected chi connectivity index (χ3v) is 15.5. The maximum Gasteiger partial charge on any atom is 0.407 e. The molecule has 3 aliphatic rings. The number of carbonyl (C=O) groups is 5. The molecule has 454 valence electrons. The zero-order valence-electron chi connectivity index (χ0n) is 51.0. The molecule has 3 aliphatic heterocycles. The van der Waals surface area contributed by atoms with Crippen LogP contribution in [-0.2, 0) is 61.7 Å². The summed E-state index contributed by atoms with van der Waals surface area (Å²) in [5.41, 5.74) is -1.90. The molecule has 3 saturated heterocycles. The van der Waals surface area contributed by atoms with Crippen molar-refractivity contribution in [1.29, 1.82) is 0 Å². The van der Waals surface area contributed by atoms with Crippen LogP contribution >= 0.6 is 0 Å². The van der Waals surface area contributed by atoms with E-state index in [-0.39, 0.29) is 26.2 Å². The Balaban J connectivity index is 1.14. The van der Waals surface area contributed by atoms with Crippen LogP contribution in [-0.4, -0.2) is 155 Å². The Morgan fingerprint density at radius 3 is 0.927 bits per heavy atom. The molecule has 0 spiro atoms. The van der Waals surface area contributed by atoms with Crippen LogP contribution in [0.5, 0.6) is 0 Å². The fraction of sp³-hybridized carbons (Fsp3) is 0.623. The van der Waals surface area contributed by atoms with Crippen LogP contribution in [0.1, 0.15) is 137 Å². The van der Waals surface area contributed by atoms with Crippen LogP contribution < -0.4 is 31.9 Å². The van der Waals surface area contributed by atoms with Crippen molar-refractivity contribution in [3.63, 3.8) is 0 Å². The Bertz CT molecular complexity index is 2560. The predicted molar refractivity (Wildman–Crippen MR) is 312 cm³/mol. The summed E-state index contributed by atoms with van der Waals surface area (Å²) in [6, 6.07) is 22.7. The van der Waals surface area contributed by atoms with Crippen molar-refractivity contribution in [2.45, 2.75) is 142 Å². The topological polar surface area (TPSA) is 242 Å². The van der Waals surface area contributed by atoms with Crippen molar-refractivity contribution < 1.29 is 57.5 Å². The highest BCUT2D eigenvalue weighted by Crippen LogP contribution is 2.33. The number of hydrogen-bond donors (Lipinski definition) is 7. The molecule has 0 saturated carbocycles. The minimum Gasteiger partial charge on any atom is -0.449 e. The molecule has 1 unspecified atom stereocenters. The number of ether oxygens (including phenoxy) is 6. The van der Waals surface area contributed by atoms with Crippen molar-refractivity contribution in [2.75, 3.05) is 98.5 Å². The highest BCUT2D eigenvalue weighted by atomic mass is 16.6. The second-order valence-corrected chi connectivity index (χ2v) is 25.5. The summed E-state index contributed by atoms with van der Waals surface area (Å²) < 4.78 is 34.7. The van der Waals surface area contributed by atoms with E-state index < -0.39 is 75.0 Å². The molecule has 3 aromatic rings. The van der Waals surface area contributed by atoms with Gasteiger partial charge in [-0.15, -0.1) is 0 Å². The van der Waals surface area contributed by atoms with Gasteiger partial charge in [-0.25, -0.2) is 24.0 Å². The summed E-state index contributed by atoms with van der Waals surface area (Å²) in [6.07, 6.45) is -2.83. The molecule has 82 heavy (non-hydrogen) atoms. The van der Waals surface area contributed by atoms with Gasteiger partial charge in [0.25, 0.3) is 0 Å². The molecule has 7 N–H and O–H groups in total. The van der Waals surface area contributed by atoms with Gasteiger partial charge >= 0.3 is 30.5 Å². The fourth-order valence-corrected chi connectivity index (χ4v) is 9.24. The number of alkyl carbamates (subject to hydrolysis) is 5. The Kier molecular flexibility index (Phi) is 21.0. The van der Waals surface area contributed by atoms with Crippen LogP contribution in [0.25, 0.3) is 0 Å². The molecule has 1 atom stereocenters. The number of carbonyl (C=O) groups excluding carboxylic acids is 5. The number of nitrogens with zero attached hydrogens (tertiary/aromatic N) is 3. The van der Waals surface area contributed by atoms with E-state index in [1.807, 2.05) is 163 Å². The van der Waals surface area contributed by atoms with Gasteiger partial charge in [-0.1, -0.05) is 79.7 Å². The van der Waals surface area contributed by atoms with Crippen molar-refractivity contribution >= 4 is 30.5 Å². The first kappa shape index (κ1) is 64.9. The van der Waals surface area contributed by atoms with Crippen molar-refractivity contribution in [1.82, 2.24) is 46.6 Å². The van der Waals surface area contributed by atoms with Crippen LogP contribution in [0.15, 0.2) is 72.8 Å². The minimum atomic E-state index is -2.00. The van der Waals surface area contributed by atoms with Crippen LogP contribution in [0.2, 0.25) is 0 Å². The van der Waals surface area contributed by atoms with Crippen LogP contribution in [0.3, 0.4) is 0 Å². The highest BCUT2D eigenvalue weighted by molar-refractivity contribution is 5.71. The van der Waals surface area contributed by atoms with Gasteiger partial charge in [0.1, 0.15) is 33.0 Å². The van der Waals surface area contributed by atoms with E-state index >= 15 is 0 Å². The molecular weight excluding hydrogens is 1050 g/mol. The lowest BCUT2D eigenvalue weighted by Crippen LogP contribution is -2.55. The normalized spacial score (nSPS) is 16.0. The summed E-state index contributed by atoms with van der Waals surface area (Å²) in [4.78, 5) is 72.8. The first-order chi connectivity index (χ1) is 38.2. The van der Waals surface area contributed by atoms with Gasteiger partial charge in [-0.2, -0.15) is 0 Å². The highest BCUT2D eigenvalue weighted by Gasteiger charge is 2.40. The molecule has 3 aromatic carbocycles. The summed E-state index contributed by atoms with van der Waals surface area (Å²) in [7, 11) is 0. The number of benzene rings is 3. The SMILES string of the molecule is CCC(COC(=O)NC(C)(C)c1cccc(C(C)(C)NC(=O)OCCN2CC2)c1)(COC(=O)NC(C)(C)c1cccc(C(C)(C)NC(=O)OCCN2CC2)c1)COC(C)(O)NC(C)(C)c1cccc(C(C)(C)NC(=O)OCCN2CC2)c1. The molecule has 5 amide bonds. The van der Waals surface area contributed by atoms with E-state index in [0.29, 0.717) is 39.5 Å². The monoisotopic (exact) mass is 1140 g/mol. The van der Waals surface area contributed by atoms with Gasteiger partial charge in [0.15, 0.2) is 0 Å². The number of nitrogens with one attached hydrogen (secondary N) is 6. The summed E-state index contributed by atoms with van der Waals surface area (Å²) in [5, 5.41) is 30.1. The first-order valence-corrected chi connectivity index (χ1v) is 28.6. The van der Waals surface area contributed by atoms with Gasteiger partial charge in [0.05, 0.1) is 39.7 Å². The lowest BCUT2D eigenvalue weighted by atomic mass is 9.87. The quantitative estimate of drug-likeness (QED) is 0.0192. The molecule has 21 heteroatoms. The molecule has 3 fully saturated rings. The number of amides is 5. The van der Waals surface area contributed by atoms with Crippen molar-refractivity contribution in [3.05, 3.63) is 106 Å². The average molecular weight is 1140 g/mol. The lowest BCUT2D eigenvalue weighted by Gasteiger charge is -2.40. The summed E-state index contributed by atoms with van der Waals surface area (Å²) in [5.74, 6) is -2.00. The molecule has 21 nitrogen and oxygen atoms in total. The second-order valence-electron chi connectivity index (χ2n) is 25.5. The first-order valence-electron chi connectivity index (χ1n) is 28.6. The van der Waals surface area contributed by atoms with Crippen LogP contribution in [0, 0.1) is 5.41 Å². The van der Waals surface area contributed by atoms with E-state index in [0.717, 1.165) is 72.6 Å². The molecule has 0 aliphatic carbocycles. The maximum absolute atomic E-state index is 14.0. The number of aliphatic hydroxyl groups is 1. The average Bonchev–Trinajstić information content (AvgIpc) is 4.42. The Labute approximate surface area is 485 Å². The van der Waals surface area contributed by atoms with Gasteiger partial charge in [0.2, 0.25) is 5.91 Å². The molecule has 3 heterocycles. The third kappa shape index (κ3) is 20.0. The fourth-order valence-electron chi connectivity index (χ4n) is 9.24. The molecule has 0 bridgehead atoms. The summed E-state index contributed by atoms with van der Waals surface area (Å²) >= 11 is 0. The zero-order chi connectivity index (χ0) is 60.4. The van der Waals surface area contributed by atoms with Crippen LogP contribution in [0.4, 0.5) is 24.0 Å². The van der Waals surface area contributed by atoms with Gasteiger partial charge < -0.3 is 60.1 Å². The predicted octanol–water partition coefficient (Wildman–Crippen LogP) is 7.74. The zero-order valence-corrected chi connectivity index (χ0v) is 51.0. The molecule has 0 aromatic heterocycles. The van der Waals surface area contributed by atoms with Crippen molar-refractivity contribution in [3.8, 4) is 0 Å². The van der Waals surface area contributed by atoms with Gasteiger partial charge in [0, 0.05) is 71.4 Å². The third-order valence-electron chi connectivity index (χ3n) is 15.5. The largest absolute Gasteiger partial charge is 0.449 e. The molecule has 6 rings (SSSR count). The summed E-state index contributed by atoms with van der Waals surface area (Å²) in [6.45, 7) is 33.8. The molecular formula is C61H93N9O12. The van der Waals surface area contributed by atoms with E-state index in [4.69, 9.17) is 28.4 Å². The lowest BCUT2D eigenvalue weighted by molar-refractivity contribution is -0.243. The second kappa shape index (κ2) is 26.6. The van der Waals surface area contributed by atoms with Gasteiger partial charge in [-0.05, 0) is 123 Å². The number of rotatable bonds is 30. The van der Waals surface area contributed by atoms with Crippen molar-refractivity contribution in [2.24, 2.45) is 5.41 Å². The Morgan fingerprint density at radius 2 is 0.671 bits per heavy atom. The maximum atomic E-state index is 14.0. The minimum absolute atomic E-state index is 0.251. The Hall–Kier alpha value is -6.23. The Morgan fingerprint density at radius 1 is 0.415 bits per heavy atom. The smallest absolute Gasteiger partial charge is 0.407 e. The van der Waals surface area contributed by atoms with E-state index in [2.05, 4.69) is 46.6 Å². The van der Waals surface area contributed by atoms with E-state index in [9.17, 15) is 29.1 Å². The standard InChI is InChI=1S/C61H93N9O12/c1-15-61(40-80-52(74)65-57(8,9)45-21-16-19-43(37-45)54(2,3)62-49(71)77-34-31-68-25-26-68,41-81-53(75)66-58(10,11)46-22-17-20-44(38-46)55(4,5)63-50(72)78-35-32-69-27-28-69)42-82-60(14,76)67-59(12,13)48-24-18-23-47(39-48)56(6,7)64-51(73)79-36-33-70-29-30-70/h16-24,37-39,67,76H,15,25-36,40-42H2,1-14H3,(H,62,71)(H,63,72)(H,64,73)(H,65,74)(H,66,75).